The fourth-order valence-corrected chi connectivity index (χ4v) is 7.49. The maximum atomic E-state index is 2.61. The second kappa shape index (κ2) is 10.8. The molecule has 0 amide bonds. The molecule has 0 bridgehead atoms. The second-order valence-corrected chi connectivity index (χ2v) is 21.4. The second-order valence-electron chi connectivity index (χ2n) is 21.4. The van der Waals surface area contributed by atoms with Gasteiger partial charge < -0.3 is 0 Å². The molecule has 0 aliphatic heterocycles. The highest BCUT2D eigenvalue weighted by Crippen LogP contribution is 2.53. The molecular weight excluding hydrogens is 516 g/mol. The number of benzene rings is 2. The SMILES string of the molecule is CC(C)(C)c1ccc(C(C)(C)c2c(C(C)(C)C)c(C(C)(C)C)cc(C(C)(C)C)c2C(C)(C)C)c(C(C)(C)C)c1C(C)(C)C. The lowest BCUT2D eigenvalue weighted by Gasteiger charge is -2.47. The van der Waals surface area contributed by atoms with E-state index in [1.54, 1.807) is 16.7 Å². The lowest BCUT2D eigenvalue weighted by Crippen LogP contribution is -2.39. The molecule has 2 rings (SSSR count). The van der Waals surface area contributed by atoms with Gasteiger partial charge in [0.25, 0.3) is 0 Å². The molecule has 0 aliphatic carbocycles. The van der Waals surface area contributed by atoms with Gasteiger partial charge >= 0.3 is 0 Å². The first-order valence-electron chi connectivity index (χ1n) is 17.0. The zero-order valence-corrected chi connectivity index (χ0v) is 33.2. The molecule has 0 aromatic heterocycles. The average molecular weight is 589 g/mol. The molecule has 2 aromatic rings. The molecule has 0 nitrogen and oxygen atoms in total. The van der Waals surface area contributed by atoms with E-state index in [2.05, 4.69) is 177 Å². The van der Waals surface area contributed by atoms with Crippen LogP contribution in [-0.2, 0) is 43.3 Å². The molecule has 0 saturated carbocycles. The van der Waals surface area contributed by atoms with Gasteiger partial charge in [-0.05, 0) is 88.0 Å². The largest absolute Gasteiger partial charge is 0.0579 e. The third-order valence-corrected chi connectivity index (χ3v) is 9.26. The first-order chi connectivity index (χ1) is 18.6. The van der Waals surface area contributed by atoms with Gasteiger partial charge in [-0.2, -0.15) is 0 Å². The molecule has 244 valence electrons. The molecule has 0 N–H and O–H groups in total. The van der Waals surface area contributed by atoms with Crippen molar-refractivity contribution in [2.75, 3.05) is 0 Å². The maximum absolute atomic E-state index is 2.61. The van der Waals surface area contributed by atoms with Crippen LogP contribution in [0.2, 0.25) is 0 Å². The van der Waals surface area contributed by atoms with Crippen LogP contribution in [0.1, 0.15) is 209 Å². The third-order valence-electron chi connectivity index (χ3n) is 9.26. The Morgan fingerprint density at radius 2 is 0.488 bits per heavy atom. The van der Waals surface area contributed by atoms with Crippen LogP contribution in [0.5, 0.6) is 0 Å². The lowest BCUT2D eigenvalue weighted by molar-refractivity contribution is 0.457. The van der Waals surface area contributed by atoms with Crippen molar-refractivity contribution in [2.24, 2.45) is 0 Å². The van der Waals surface area contributed by atoms with Crippen molar-refractivity contribution >= 4 is 0 Å². The van der Waals surface area contributed by atoms with Crippen LogP contribution in [0.25, 0.3) is 0 Å². The Balaban J connectivity index is 3.54. The highest BCUT2D eigenvalue weighted by Gasteiger charge is 2.44. The summed E-state index contributed by atoms with van der Waals surface area (Å²) in [6, 6.07) is 7.61. The van der Waals surface area contributed by atoms with E-state index >= 15 is 0 Å². The van der Waals surface area contributed by atoms with E-state index in [-0.39, 0.29) is 43.3 Å². The number of hydrogen-bond donors (Lipinski definition) is 0. The molecule has 0 radical (unpaired) electrons. The Morgan fingerprint density at radius 3 is 0.744 bits per heavy atom. The van der Waals surface area contributed by atoms with E-state index < -0.39 is 0 Å². The molecule has 43 heavy (non-hydrogen) atoms. The lowest BCUT2D eigenvalue weighted by atomic mass is 9.57. The van der Waals surface area contributed by atoms with Crippen LogP contribution < -0.4 is 0 Å². The standard InChI is InChI=1S/C43H72/c1-36(2,3)27-24-25-28(32(40(13,14)15)31(27)39(10,11)12)43(22,23)35-33(41(16,17)18)29(37(4,5)6)26-30(38(7,8)9)34(35)42(19,20)21/h24-26H,1-23H3. The maximum Gasteiger partial charge on any atom is 0.0155 e. The molecule has 0 aliphatic rings. The molecule has 0 heterocycles. The molecule has 0 heteroatoms. The van der Waals surface area contributed by atoms with Crippen LogP contribution >= 0.6 is 0 Å². The van der Waals surface area contributed by atoms with Crippen molar-refractivity contribution in [2.45, 2.75) is 203 Å². The van der Waals surface area contributed by atoms with Crippen LogP contribution in [0.15, 0.2) is 18.2 Å². The monoisotopic (exact) mass is 589 g/mol. The predicted molar refractivity (Wildman–Crippen MR) is 196 cm³/mol. The van der Waals surface area contributed by atoms with E-state index in [1.807, 2.05) is 0 Å². The number of hydrogen-bond acceptors (Lipinski definition) is 0. The molecule has 0 spiro atoms. The van der Waals surface area contributed by atoms with Gasteiger partial charge in [0, 0.05) is 5.41 Å². The zero-order chi connectivity index (χ0) is 34.3. The zero-order valence-electron chi connectivity index (χ0n) is 33.2. The average Bonchev–Trinajstić information content (AvgIpc) is 2.72. The first-order valence-corrected chi connectivity index (χ1v) is 17.0. The van der Waals surface area contributed by atoms with E-state index in [9.17, 15) is 0 Å². The minimum absolute atomic E-state index is 0.0147. The normalized spacial score (nSPS) is 14.9. The van der Waals surface area contributed by atoms with Crippen molar-refractivity contribution in [3.8, 4) is 0 Å². The van der Waals surface area contributed by atoms with E-state index in [0.29, 0.717) is 0 Å². The summed E-state index contributed by atoms with van der Waals surface area (Å²) in [6.07, 6.45) is 0. The van der Waals surface area contributed by atoms with E-state index in [0.717, 1.165) is 0 Å². The van der Waals surface area contributed by atoms with Crippen LogP contribution in [-0.4, -0.2) is 0 Å². The van der Waals surface area contributed by atoms with Gasteiger partial charge in [0.15, 0.2) is 0 Å². The summed E-state index contributed by atoms with van der Waals surface area (Å²) in [5.41, 5.74) is 13.5. The van der Waals surface area contributed by atoms with Crippen molar-refractivity contribution in [3.63, 3.8) is 0 Å². The smallest absolute Gasteiger partial charge is 0.0155 e. The summed E-state index contributed by atoms with van der Waals surface area (Å²) in [6.45, 7) is 55.9. The highest BCUT2D eigenvalue weighted by molar-refractivity contribution is 5.63. The third kappa shape index (κ3) is 7.47. The Kier molecular flexibility index (Phi) is 9.42. The fraction of sp³-hybridized carbons (Fsp3) is 0.721. The summed E-state index contributed by atoms with van der Waals surface area (Å²) in [5, 5.41) is 0. The van der Waals surface area contributed by atoms with Gasteiger partial charge in [0.05, 0.1) is 0 Å². The van der Waals surface area contributed by atoms with Crippen LogP contribution in [0.4, 0.5) is 0 Å². The van der Waals surface area contributed by atoms with Crippen molar-refractivity contribution in [1.82, 2.24) is 0 Å². The van der Waals surface area contributed by atoms with Crippen molar-refractivity contribution in [3.05, 3.63) is 68.3 Å². The molecular formula is C43H72. The summed E-state index contributed by atoms with van der Waals surface area (Å²) < 4.78 is 0. The molecule has 0 fully saturated rings. The topological polar surface area (TPSA) is 0 Å². The Hall–Kier alpha value is -1.56. The fourth-order valence-electron chi connectivity index (χ4n) is 7.49. The van der Waals surface area contributed by atoms with Gasteiger partial charge in [-0.25, -0.2) is 0 Å². The Morgan fingerprint density at radius 1 is 0.256 bits per heavy atom. The quantitative estimate of drug-likeness (QED) is 0.327. The molecule has 0 unspecified atom stereocenters. The minimum atomic E-state index is -0.231. The summed E-state index contributed by atoms with van der Waals surface area (Å²) in [5.74, 6) is 0. The predicted octanol–water partition coefficient (Wildman–Crippen LogP) is 13.1. The van der Waals surface area contributed by atoms with Gasteiger partial charge in [-0.15, -0.1) is 0 Å². The van der Waals surface area contributed by atoms with Gasteiger partial charge in [0.2, 0.25) is 0 Å². The summed E-state index contributed by atoms with van der Waals surface area (Å²) in [4.78, 5) is 0. The van der Waals surface area contributed by atoms with E-state index in [4.69, 9.17) is 0 Å². The number of rotatable bonds is 2. The Bertz CT molecular complexity index is 1270. The summed E-state index contributed by atoms with van der Waals surface area (Å²) >= 11 is 0. The van der Waals surface area contributed by atoms with Crippen molar-refractivity contribution < 1.29 is 0 Å². The Labute approximate surface area is 270 Å². The van der Waals surface area contributed by atoms with Crippen LogP contribution in [0.3, 0.4) is 0 Å². The van der Waals surface area contributed by atoms with Gasteiger partial charge in [-0.3, -0.25) is 0 Å². The summed E-state index contributed by atoms with van der Waals surface area (Å²) in [7, 11) is 0. The van der Waals surface area contributed by atoms with Gasteiger partial charge in [0.1, 0.15) is 0 Å². The minimum Gasteiger partial charge on any atom is -0.0579 e. The van der Waals surface area contributed by atoms with Crippen LogP contribution in [0, 0.1) is 0 Å². The molecule has 0 atom stereocenters. The first kappa shape index (κ1) is 37.6. The highest BCUT2D eigenvalue weighted by atomic mass is 14.5. The molecule has 0 saturated heterocycles. The van der Waals surface area contributed by atoms with Crippen molar-refractivity contribution in [1.29, 1.82) is 0 Å². The molecule has 2 aromatic carbocycles. The van der Waals surface area contributed by atoms with Gasteiger partial charge in [-0.1, -0.05) is 177 Å². The van der Waals surface area contributed by atoms with E-state index in [1.165, 1.54) is 33.4 Å².